The highest BCUT2D eigenvalue weighted by Gasteiger charge is 2.16. The number of aromatic nitrogens is 1. The fraction of sp³-hybridized carbons (Fsp3) is 0.133. The van der Waals surface area contributed by atoms with E-state index in [4.69, 9.17) is 7.85 Å². The van der Waals surface area contributed by atoms with E-state index in [-0.39, 0.29) is 5.91 Å². The van der Waals surface area contributed by atoms with Gasteiger partial charge in [0, 0.05) is 31.9 Å². The molecular weight excluding hydrogens is 487 g/mol. The van der Waals surface area contributed by atoms with Crippen molar-refractivity contribution in [3.63, 3.8) is 0 Å². The highest BCUT2D eigenvalue weighted by atomic mass is 16.2. The number of anilines is 2. The van der Waals surface area contributed by atoms with E-state index in [9.17, 15) is 9.59 Å². The molecule has 0 unspecified atom stereocenters. The van der Waals surface area contributed by atoms with Crippen LogP contribution < -0.4 is 21.4 Å². The first kappa shape index (κ1) is 25.7. The monoisotopic (exact) mass is 514 g/mol. The third kappa shape index (κ3) is 6.15. The Morgan fingerprint density at radius 3 is 2.41 bits per heavy atom. The fourth-order valence-corrected chi connectivity index (χ4v) is 4.30. The van der Waals surface area contributed by atoms with E-state index in [1.54, 1.807) is 48.5 Å². The van der Waals surface area contributed by atoms with E-state index in [2.05, 4.69) is 43.0 Å². The molecule has 1 aliphatic rings. The predicted octanol–water partition coefficient (Wildman–Crippen LogP) is 3.44. The van der Waals surface area contributed by atoms with E-state index in [0.717, 1.165) is 35.7 Å². The Labute approximate surface area is 228 Å². The molecule has 2 amide bonds. The minimum atomic E-state index is -0.390. The second-order valence-electron chi connectivity index (χ2n) is 9.15. The van der Waals surface area contributed by atoms with Gasteiger partial charge in [0.25, 0.3) is 11.8 Å². The number of carbonyl (C=O) groups excluding carboxylic acids is 2. The maximum absolute atomic E-state index is 13.1. The van der Waals surface area contributed by atoms with Gasteiger partial charge in [-0.05, 0) is 47.0 Å². The molecule has 4 aromatic rings. The largest absolute Gasteiger partial charge is 0.352 e. The fourth-order valence-electron chi connectivity index (χ4n) is 4.30. The van der Waals surface area contributed by atoms with Gasteiger partial charge in [-0.2, -0.15) is 0 Å². The summed E-state index contributed by atoms with van der Waals surface area (Å²) in [7, 11) is 7.69. The van der Waals surface area contributed by atoms with Crippen LogP contribution >= 0.6 is 0 Å². The molecular formula is C30H27BN6O2. The van der Waals surface area contributed by atoms with Gasteiger partial charge in [0.05, 0.1) is 17.8 Å². The molecule has 1 aliphatic heterocycles. The summed E-state index contributed by atoms with van der Waals surface area (Å²) in [6, 6.07) is 25.7. The zero-order valence-corrected chi connectivity index (χ0v) is 21.5. The summed E-state index contributed by atoms with van der Waals surface area (Å²) < 4.78 is 0. The minimum absolute atomic E-state index is 0.315. The molecule has 39 heavy (non-hydrogen) atoms. The lowest BCUT2D eigenvalue weighted by Gasteiger charge is -2.17. The first-order valence-electron chi connectivity index (χ1n) is 12.6. The van der Waals surface area contributed by atoms with Gasteiger partial charge in [-0.15, -0.1) is 0 Å². The second-order valence-corrected chi connectivity index (χ2v) is 9.15. The number of pyridine rings is 1. The molecule has 2 radical (unpaired) electrons. The Morgan fingerprint density at radius 1 is 0.897 bits per heavy atom. The van der Waals surface area contributed by atoms with Crippen LogP contribution in [0.1, 0.15) is 26.3 Å². The average molecular weight is 514 g/mol. The first-order valence-corrected chi connectivity index (χ1v) is 12.6. The Bertz CT molecular complexity index is 1520. The van der Waals surface area contributed by atoms with E-state index in [0.29, 0.717) is 34.6 Å². The van der Waals surface area contributed by atoms with Crippen LogP contribution in [0.3, 0.4) is 0 Å². The molecule has 5 rings (SSSR count). The van der Waals surface area contributed by atoms with Crippen molar-refractivity contribution in [3.8, 4) is 11.1 Å². The number of hydrogen-bond acceptors (Lipinski definition) is 6. The van der Waals surface area contributed by atoms with Crippen LogP contribution in [0, 0.1) is 0 Å². The molecule has 1 aromatic heterocycles. The Morgan fingerprint density at radius 2 is 1.67 bits per heavy atom. The SMILES string of the molecule is [B]c1ccc(NC(=O)c2ccccc2NC(=O)c2ccc(-c3ccccc3CNC3=NCCN3C)cc2)nc1. The molecule has 0 saturated heterocycles. The van der Waals surface area contributed by atoms with Gasteiger partial charge in [-0.25, -0.2) is 4.98 Å². The van der Waals surface area contributed by atoms with Gasteiger partial charge in [-0.3, -0.25) is 14.6 Å². The molecule has 9 heteroatoms. The van der Waals surface area contributed by atoms with E-state index in [1.807, 2.05) is 31.3 Å². The molecule has 3 N–H and O–H groups in total. The minimum Gasteiger partial charge on any atom is -0.352 e. The van der Waals surface area contributed by atoms with E-state index >= 15 is 0 Å². The van der Waals surface area contributed by atoms with Crippen molar-refractivity contribution in [2.45, 2.75) is 6.54 Å². The number of benzene rings is 3. The Balaban J connectivity index is 1.28. The summed E-state index contributed by atoms with van der Waals surface area (Å²) in [4.78, 5) is 36.7. The highest BCUT2D eigenvalue weighted by molar-refractivity contribution is 6.32. The molecule has 0 bridgehead atoms. The van der Waals surface area contributed by atoms with Crippen LogP contribution in [0.25, 0.3) is 11.1 Å². The number of hydrogen-bond donors (Lipinski definition) is 3. The molecule has 3 aromatic carbocycles. The highest BCUT2D eigenvalue weighted by Crippen LogP contribution is 2.25. The van der Waals surface area contributed by atoms with Crippen LogP contribution in [0.2, 0.25) is 0 Å². The Hall–Kier alpha value is -4.92. The third-order valence-corrected chi connectivity index (χ3v) is 6.42. The van der Waals surface area contributed by atoms with Gasteiger partial charge in [0.2, 0.25) is 0 Å². The quantitative estimate of drug-likeness (QED) is 0.329. The number of likely N-dealkylation sites (N-methyl/N-ethyl adjacent to an activating group) is 1. The van der Waals surface area contributed by atoms with Crippen molar-refractivity contribution in [1.29, 1.82) is 0 Å². The van der Waals surface area contributed by atoms with Crippen LogP contribution in [0.4, 0.5) is 11.5 Å². The molecule has 0 aliphatic carbocycles. The molecule has 192 valence electrons. The third-order valence-electron chi connectivity index (χ3n) is 6.42. The van der Waals surface area contributed by atoms with Crippen molar-refractivity contribution < 1.29 is 9.59 Å². The standard InChI is InChI=1S/C30H27BN6O2/c1-37-17-16-32-30(37)34-18-22-6-2-3-7-24(22)20-10-12-21(13-11-20)28(38)35-26-9-5-4-8-25(26)29(39)36-27-15-14-23(31)19-33-27/h2-15,19H,16-18H2,1H3,(H,32,34)(H,35,38)(H,33,36,39). The molecule has 0 fully saturated rings. The number of para-hydroxylation sites is 1. The summed E-state index contributed by atoms with van der Waals surface area (Å²) in [5.41, 5.74) is 4.91. The van der Waals surface area contributed by atoms with Gasteiger partial charge in [0.1, 0.15) is 13.7 Å². The number of rotatable bonds is 7. The molecule has 8 nitrogen and oxygen atoms in total. The zero-order chi connectivity index (χ0) is 27.2. The van der Waals surface area contributed by atoms with Crippen LogP contribution in [0.15, 0.2) is 96.1 Å². The van der Waals surface area contributed by atoms with Crippen molar-refractivity contribution in [1.82, 2.24) is 15.2 Å². The number of amides is 2. The summed E-state index contributed by atoms with van der Waals surface area (Å²) in [6.07, 6.45) is 1.46. The average Bonchev–Trinajstić information content (AvgIpc) is 3.38. The number of aliphatic imine (C=N–C) groups is 1. The number of nitrogens with one attached hydrogen (secondary N) is 3. The Kier molecular flexibility index (Phi) is 7.68. The molecule has 0 saturated carbocycles. The first-order chi connectivity index (χ1) is 19.0. The van der Waals surface area contributed by atoms with Crippen molar-refractivity contribution in [3.05, 3.63) is 108 Å². The number of nitrogens with zero attached hydrogens (tertiary/aromatic N) is 3. The molecule has 2 heterocycles. The maximum Gasteiger partial charge on any atom is 0.258 e. The van der Waals surface area contributed by atoms with Crippen molar-refractivity contribution in [2.75, 3.05) is 30.8 Å². The lowest BCUT2D eigenvalue weighted by atomic mass is 9.98. The topological polar surface area (TPSA) is 98.7 Å². The van der Waals surface area contributed by atoms with Gasteiger partial charge in [0.15, 0.2) is 5.96 Å². The molecule has 0 atom stereocenters. The normalized spacial score (nSPS) is 12.5. The van der Waals surface area contributed by atoms with Gasteiger partial charge >= 0.3 is 0 Å². The van der Waals surface area contributed by atoms with Crippen LogP contribution in [0.5, 0.6) is 0 Å². The van der Waals surface area contributed by atoms with Crippen LogP contribution in [-0.4, -0.2) is 55.6 Å². The maximum atomic E-state index is 13.1. The second kappa shape index (κ2) is 11.6. The smallest absolute Gasteiger partial charge is 0.258 e. The molecule has 0 spiro atoms. The van der Waals surface area contributed by atoms with Gasteiger partial charge < -0.3 is 20.9 Å². The summed E-state index contributed by atoms with van der Waals surface area (Å²) in [5.74, 6) is 0.559. The van der Waals surface area contributed by atoms with Crippen LogP contribution in [-0.2, 0) is 6.54 Å². The summed E-state index contributed by atoms with van der Waals surface area (Å²) >= 11 is 0. The predicted molar refractivity (Wildman–Crippen MR) is 156 cm³/mol. The lowest BCUT2D eigenvalue weighted by molar-refractivity contribution is 0.102. The number of carbonyl (C=O) groups is 2. The van der Waals surface area contributed by atoms with Crippen molar-refractivity contribution in [2.24, 2.45) is 4.99 Å². The van der Waals surface area contributed by atoms with Gasteiger partial charge in [-0.1, -0.05) is 60.1 Å². The summed E-state index contributed by atoms with van der Waals surface area (Å²) in [6.45, 7) is 2.37. The number of guanidine groups is 1. The van der Waals surface area contributed by atoms with E-state index < -0.39 is 5.91 Å². The van der Waals surface area contributed by atoms with Crippen molar-refractivity contribution >= 4 is 42.6 Å². The lowest BCUT2D eigenvalue weighted by Crippen LogP contribution is -2.35. The zero-order valence-electron chi connectivity index (χ0n) is 21.5. The van der Waals surface area contributed by atoms with E-state index in [1.165, 1.54) is 6.20 Å². The summed E-state index contributed by atoms with van der Waals surface area (Å²) in [5, 5.41) is 9.01.